The maximum absolute atomic E-state index is 4.93. The van der Waals surface area contributed by atoms with Crippen molar-refractivity contribution in [2.45, 2.75) is 34.6 Å². The summed E-state index contributed by atoms with van der Waals surface area (Å²) < 4.78 is 0. The topological polar surface area (TPSA) is 0 Å². The van der Waals surface area contributed by atoms with Crippen LogP contribution in [0.1, 0.15) is 34.6 Å². The summed E-state index contributed by atoms with van der Waals surface area (Å²) in [5.74, 6) is 0. The Hall–Kier alpha value is 0.943. The Balaban J connectivity index is 0. The Morgan fingerprint density at radius 3 is 1.57 bits per heavy atom. The molecule has 1 aliphatic rings. The molecule has 0 aromatic heterocycles. The van der Waals surface area contributed by atoms with E-state index in [-0.39, 0.29) is 12.8 Å². The van der Waals surface area contributed by atoms with Crippen LogP contribution in [0, 0.1) is 18.9 Å². The molecule has 0 aromatic rings. The van der Waals surface area contributed by atoms with Crippen molar-refractivity contribution in [1.82, 2.24) is 0 Å². The minimum atomic E-state index is -0.826. The average molecular weight is 312 g/mol. The van der Waals surface area contributed by atoms with E-state index >= 15 is 0 Å². The predicted molar refractivity (Wildman–Crippen MR) is 62.7 cm³/mol. The van der Waals surface area contributed by atoms with Crippen LogP contribution in [0.5, 0.6) is 0 Å². The van der Waals surface area contributed by atoms with Crippen LogP contribution < -0.4 is 0 Å². The molecular weight excluding hydrogens is 294 g/mol. The van der Waals surface area contributed by atoms with Gasteiger partial charge in [0.2, 0.25) is 0 Å². The molecule has 0 N–H and O–H groups in total. The number of hydrogen-bond donors (Lipinski definition) is 0. The van der Waals surface area contributed by atoms with Crippen LogP contribution in [0.4, 0.5) is 0 Å². The van der Waals surface area contributed by atoms with E-state index < -0.39 is 20.8 Å². The Kier molecular flexibility index (Phi) is 8.99. The number of hydrogen-bond acceptors (Lipinski definition) is 0. The Labute approximate surface area is 107 Å². The fraction of sp³-hybridized carbons (Fsp3) is 0.545. The third-order valence-electron chi connectivity index (χ3n) is 2.56. The Morgan fingerprint density at radius 1 is 1.14 bits per heavy atom. The number of halogens is 2. The van der Waals surface area contributed by atoms with E-state index in [4.69, 9.17) is 17.0 Å². The first-order chi connectivity index (χ1) is 5.86. The Bertz CT molecular complexity index is 240. The molecule has 3 heteroatoms. The molecule has 0 saturated heterocycles. The minimum absolute atomic E-state index is 0. The normalized spacial score (nSPS) is 17.5. The van der Waals surface area contributed by atoms with Gasteiger partial charge in [0.25, 0.3) is 0 Å². The molecule has 0 fully saturated rings. The molecule has 0 unspecified atom stereocenters. The van der Waals surface area contributed by atoms with Crippen molar-refractivity contribution in [2.75, 3.05) is 0 Å². The van der Waals surface area contributed by atoms with Crippen LogP contribution in [-0.2, 0) is 20.8 Å². The van der Waals surface area contributed by atoms with Crippen molar-refractivity contribution in [1.29, 1.82) is 0 Å². The van der Waals surface area contributed by atoms with Gasteiger partial charge >= 0.3 is 37.9 Å². The van der Waals surface area contributed by atoms with Crippen molar-refractivity contribution < 1.29 is 20.8 Å². The predicted octanol–water partition coefficient (Wildman–Crippen LogP) is 4.94. The second-order valence-electron chi connectivity index (χ2n) is 3.70. The van der Waals surface area contributed by atoms with Crippen molar-refractivity contribution >= 4 is 17.0 Å². The van der Waals surface area contributed by atoms with E-state index in [1.165, 1.54) is 16.7 Å². The third-order valence-corrected chi connectivity index (χ3v) is 2.56. The summed E-state index contributed by atoms with van der Waals surface area (Å²) in [6.07, 6.45) is 3.44. The van der Waals surface area contributed by atoms with E-state index in [9.17, 15) is 0 Å². The molecule has 0 bridgehead atoms. The molecule has 1 aliphatic carbocycles. The number of allylic oxidation sites excluding steroid dienone is 4. The van der Waals surface area contributed by atoms with E-state index in [0.717, 1.165) is 0 Å². The number of rotatable bonds is 0. The van der Waals surface area contributed by atoms with Gasteiger partial charge in [-0.2, -0.15) is 11.1 Å². The molecule has 0 amide bonds. The van der Waals surface area contributed by atoms with Crippen LogP contribution in [0.15, 0.2) is 16.7 Å². The zero-order chi connectivity index (χ0) is 10.6. The molecule has 0 saturated carbocycles. The van der Waals surface area contributed by atoms with Gasteiger partial charge in [-0.25, -0.2) is 5.57 Å². The van der Waals surface area contributed by atoms with Crippen LogP contribution >= 0.6 is 17.0 Å². The molecule has 80 valence electrons. The molecular formula is C11H18Cl2Zr. The summed E-state index contributed by atoms with van der Waals surface area (Å²) in [5, 5.41) is 0. The third kappa shape index (κ3) is 4.64. The SMILES string of the molecule is CC1=[C-]C(C)(C)C(C)=C1C.[CH3-].[Cl][Zr+2][Cl]. The summed E-state index contributed by atoms with van der Waals surface area (Å²) in [7, 11) is 9.87. The van der Waals surface area contributed by atoms with Gasteiger partial charge in [-0.05, 0) is 0 Å². The molecule has 0 atom stereocenters. The quantitative estimate of drug-likeness (QED) is 0.556. The molecule has 0 heterocycles. The molecule has 0 radical (unpaired) electrons. The summed E-state index contributed by atoms with van der Waals surface area (Å²) >= 11 is -0.826. The van der Waals surface area contributed by atoms with Gasteiger partial charge in [-0.3, -0.25) is 6.08 Å². The van der Waals surface area contributed by atoms with Gasteiger partial charge < -0.3 is 7.43 Å². The van der Waals surface area contributed by atoms with E-state index in [2.05, 4.69) is 40.7 Å². The maximum atomic E-state index is 4.93. The van der Waals surface area contributed by atoms with Crippen molar-refractivity contribution in [3.63, 3.8) is 0 Å². The van der Waals surface area contributed by atoms with Crippen LogP contribution in [0.3, 0.4) is 0 Å². The first-order valence-corrected chi connectivity index (χ1v) is 10.5. The van der Waals surface area contributed by atoms with Crippen LogP contribution in [-0.4, -0.2) is 0 Å². The first-order valence-electron chi connectivity index (χ1n) is 4.13. The van der Waals surface area contributed by atoms with Gasteiger partial charge in [0, 0.05) is 0 Å². The second kappa shape index (κ2) is 7.26. The van der Waals surface area contributed by atoms with Gasteiger partial charge in [-0.15, -0.1) is 6.92 Å². The van der Waals surface area contributed by atoms with Gasteiger partial charge in [0.15, 0.2) is 0 Å². The van der Waals surface area contributed by atoms with Gasteiger partial charge in [0.1, 0.15) is 0 Å². The standard InChI is InChI=1S/C10H15.CH3.2ClH.Zr/c1-7-6-10(4,5)9(3)8(7)2;;;;/h1-5H3;1H3;2*1H;/q2*-1;;;+4/p-2. The summed E-state index contributed by atoms with van der Waals surface area (Å²) in [5.41, 5.74) is 4.39. The van der Waals surface area contributed by atoms with Crippen molar-refractivity contribution in [3.05, 3.63) is 30.2 Å². The molecule has 0 spiro atoms. The summed E-state index contributed by atoms with van der Waals surface area (Å²) in [6, 6.07) is 0. The average Bonchev–Trinajstić information content (AvgIpc) is 2.16. The van der Waals surface area contributed by atoms with Gasteiger partial charge in [-0.1, -0.05) is 33.1 Å². The van der Waals surface area contributed by atoms with Crippen molar-refractivity contribution in [2.24, 2.45) is 5.41 Å². The zero-order valence-corrected chi connectivity index (χ0v) is 13.7. The Morgan fingerprint density at radius 2 is 1.50 bits per heavy atom. The zero-order valence-electron chi connectivity index (χ0n) is 9.76. The van der Waals surface area contributed by atoms with E-state index in [1.807, 2.05) is 0 Å². The fourth-order valence-corrected chi connectivity index (χ4v) is 1.41. The van der Waals surface area contributed by atoms with E-state index in [0.29, 0.717) is 0 Å². The molecule has 0 aliphatic heterocycles. The molecule has 14 heavy (non-hydrogen) atoms. The fourth-order valence-electron chi connectivity index (χ4n) is 1.41. The monoisotopic (exact) mass is 310 g/mol. The van der Waals surface area contributed by atoms with Gasteiger partial charge in [0.05, 0.1) is 0 Å². The van der Waals surface area contributed by atoms with Crippen LogP contribution in [0.2, 0.25) is 0 Å². The molecule has 0 aromatic carbocycles. The summed E-state index contributed by atoms with van der Waals surface area (Å²) in [6.45, 7) is 10.9. The van der Waals surface area contributed by atoms with E-state index in [1.54, 1.807) is 0 Å². The summed E-state index contributed by atoms with van der Waals surface area (Å²) in [4.78, 5) is 0. The molecule has 0 nitrogen and oxygen atoms in total. The first kappa shape index (κ1) is 17.3. The molecule has 1 rings (SSSR count). The van der Waals surface area contributed by atoms with Crippen LogP contribution in [0.25, 0.3) is 0 Å². The second-order valence-corrected chi connectivity index (χ2v) is 7.43. The van der Waals surface area contributed by atoms with Crippen molar-refractivity contribution in [3.8, 4) is 0 Å².